The van der Waals surface area contributed by atoms with Crippen LogP contribution in [0.25, 0.3) is 0 Å². The lowest BCUT2D eigenvalue weighted by atomic mass is 10.0. The van der Waals surface area contributed by atoms with Gasteiger partial charge in [0.1, 0.15) is 6.04 Å². The number of carbonyl (C=O) groups excluding carboxylic acids is 2. The molecule has 0 bridgehead atoms. The van der Waals surface area contributed by atoms with Gasteiger partial charge in [0, 0.05) is 31.7 Å². The molecule has 3 rings (SSSR count). The lowest BCUT2D eigenvalue weighted by molar-refractivity contribution is -0.138. The van der Waals surface area contributed by atoms with E-state index in [1.165, 1.54) is 0 Å². The van der Waals surface area contributed by atoms with Gasteiger partial charge in [-0.2, -0.15) is 0 Å². The van der Waals surface area contributed by atoms with Gasteiger partial charge in [-0.1, -0.05) is 44.2 Å². The molecule has 7 nitrogen and oxygen atoms in total. The second kappa shape index (κ2) is 11.0. The highest BCUT2D eigenvalue weighted by molar-refractivity contribution is 5.95. The lowest BCUT2D eigenvalue weighted by Gasteiger charge is -2.39. The van der Waals surface area contributed by atoms with Crippen LogP contribution in [0.3, 0.4) is 0 Å². The van der Waals surface area contributed by atoms with Gasteiger partial charge in [-0.3, -0.25) is 14.5 Å². The number of carbonyl (C=O) groups is 2. The summed E-state index contributed by atoms with van der Waals surface area (Å²) in [5.74, 6) is 1.14. The second-order valence-corrected chi connectivity index (χ2v) is 7.72. The van der Waals surface area contributed by atoms with Crippen molar-refractivity contribution in [1.82, 2.24) is 14.7 Å². The number of methoxy groups -OCH3 is 2. The highest BCUT2D eigenvalue weighted by atomic mass is 16.5. The van der Waals surface area contributed by atoms with Crippen LogP contribution in [0.1, 0.15) is 35.8 Å². The van der Waals surface area contributed by atoms with Crippen molar-refractivity contribution in [1.29, 1.82) is 0 Å². The number of hydrogen-bond donors (Lipinski definition) is 0. The number of amides is 2. The van der Waals surface area contributed by atoms with E-state index in [0.29, 0.717) is 43.2 Å². The second-order valence-electron chi connectivity index (χ2n) is 7.72. The minimum atomic E-state index is -0.306. The smallest absolute Gasteiger partial charge is 0.254 e. The first kappa shape index (κ1) is 23.6. The predicted octanol–water partition coefficient (Wildman–Crippen LogP) is 3.07. The van der Waals surface area contributed by atoms with Gasteiger partial charge in [0.25, 0.3) is 5.91 Å². The number of nitrogens with zero attached hydrogens (tertiary/aromatic N) is 3. The van der Waals surface area contributed by atoms with Gasteiger partial charge in [0.05, 0.1) is 14.2 Å². The average Bonchev–Trinajstić information content (AvgIpc) is 2.86. The maximum absolute atomic E-state index is 13.5. The highest BCUT2D eigenvalue weighted by Crippen LogP contribution is 2.28. The zero-order chi connectivity index (χ0) is 23.1. The molecule has 1 saturated heterocycles. The molecule has 1 unspecified atom stereocenters. The fourth-order valence-electron chi connectivity index (χ4n) is 4.19. The van der Waals surface area contributed by atoms with E-state index in [4.69, 9.17) is 9.47 Å². The van der Waals surface area contributed by atoms with Gasteiger partial charge >= 0.3 is 0 Å². The summed E-state index contributed by atoms with van der Waals surface area (Å²) in [6.07, 6.45) is 0. The summed E-state index contributed by atoms with van der Waals surface area (Å²) >= 11 is 0. The van der Waals surface area contributed by atoms with Gasteiger partial charge in [0.15, 0.2) is 11.5 Å². The molecule has 7 heteroatoms. The first-order valence-corrected chi connectivity index (χ1v) is 11.1. The molecule has 0 N–H and O–H groups in total. The van der Waals surface area contributed by atoms with Crippen molar-refractivity contribution in [2.75, 3.05) is 53.5 Å². The Balaban J connectivity index is 1.70. The minimum absolute atomic E-state index is 0.0681. The topological polar surface area (TPSA) is 62.3 Å². The molecule has 0 spiro atoms. The maximum atomic E-state index is 13.5. The largest absolute Gasteiger partial charge is 0.493 e. The Morgan fingerprint density at radius 3 is 2.03 bits per heavy atom. The molecule has 2 aromatic rings. The van der Waals surface area contributed by atoms with E-state index >= 15 is 0 Å². The monoisotopic (exact) mass is 439 g/mol. The van der Waals surface area contributed by atoms with Crippen LogP contribution in [0.4, 0.5) is 0 Å². The van der Waals surface area contributed by atoms with Gasteiger partial charge < -0.3 is 19.3 Å². The van der Waals surface area contributed by atoms with Gasteiger partial charge in [0.2, 0.25) is 5.91 Å². The third-order valence-corrected chi connectivity index (χ3v) is 6.04. The minimum Gasteiger partial charge on any atom is -0.493 e. The van der Waals surface area contributed by atoms with Crippen molar-refractivity contribution < 1.29 is 19.1 Å². The molecule has 0 aliphatic carbocycles. The molecule has 1 heterocycles. The number of likely N-dealkylation sites (N-methyl/N-ethyl adjacent to an activating group) is 1. The molecule has 32 heavy (non-hydrogen) atoms. The summed E-state index contributed by atoms with van der Waals surface area (Å²) in [4.78, 5) is 32.4. The summed E-state index contributed by atoms with van der Waals surface area (Å²) in [5, 5.41) is 0. The number of piperazine rings is 1. The van der Waals surface area contributed by atoms with E-state index in [-0.39, 0.29) is 17.9 Å². The van der Waals surface area contributed by atoms with E-state index in [0.717, 1.165) is 18.7 Å². The summed E-state index contributed by atoms with van der Waals surface area (Å²) in [6.45, 7) is 7.76. The highest BCUT2D eigenvalue weighted by Gasteiger charge is 2.32. The molecule has 1 aliphatic heterocycles. The normalized spacial score (nSPS) is 14.9. The molecular weight excluding hydrogens is 406 g/mol. The summed E-state index contributed by atoms with van der Waals surface area (Å²) in [6, 6.07) is 14.8. The molecule has 172 valence electrons. The summed E-state index contributed by atoms with van der Waals surface area (Å²) < 4.78 is 10.6. The summed E-state index contributed by atoms with van der Waals surface area (Å²) in [5.41, 5.74) is 1.55. The van der Waals surface area contributed by atoms with Crippen molar-refractivity contribution >= 4 is 11.8 Å². The van der Waals surface area contributed by atoms with E-state index in [1.807, 2.05) is 35.2 Å². The molecule has 1 atom stereocenters. The van der Waals surface area contributed by atoms with Crippen LogP contribution < -0.4 is 9.47 Å². The average molecular weight is 440 g/mol. The number of hydrogen-bond acceptors (Lipinski definition) is 5. The Kier molecular flexibility index (Phi) is 8.11. The van der Waals surface area contributed by atoms with E-state index < -0.39 is 0 Å². The first-order valence-electron chi connectivity index (χ1n) is 11.1. The predicted molar refractivity (Wildman–Crippen MR) is 124 cm³/mol. The van der Waals surface area contributed by atoms with Gasteiger partial charge in [-0.05, 0) is 36.9 Å². The first-order chi connectivity index (χ1) is 15.5. The number of benzene rings is 2. The van der Waals surface area contributed by atoms with Crippen LogP contribution in [0, 0.1) is 0 Å². The number of ether oxygens (including phenoxy) is 2. The standard InChI is InChI=1S/C25H33N3O4/c1-5-26(6-2)23(19-10-8-7-9-11-19)25(30)28-16-14-27(15-17-28)24(29)20-12-13-21(31-3)22(18-20)32-4/h7-13,18,23H,5-6,14-17H2,1-4H3. The van der Waals surface area contributed by atoms with Crippen LogP contribution in [-0.2, 0) is 4.79 Å². The third kappa shape index (κ3) is 5.05. The van der Waals surface area contributed by atoms with E-state index in [1.54, 1.807) is 37.3 Å². The van der Waals surface area contributed by atoms with Gasteiger partial charge in [-0.15, -0.1) is 0 Å². The van der Waals surface area contributed by atoms with Crippen molar-refractivity contribution in [2.24, 2.45) is 0 Å². The van der Waals surface area contributed by atoms with E-state index in [9.17, 15) is 9.59 Å². The summed E-state index contributed by atoms with van der Waals surface area (Å²) in [7, 11) is 3.12. The van der Waals surface area contributed by atoms with E-state index in [2.05, 4.69) is 18.7 Å². The van der Waals surface area contributed by atoms with Crippen LogP contribution in [-0.4, -0.2) is 80.0 Å². The Hall–Kier alpha value is -3.06. The van der Waals surface area contributed by atoms with Crippen molar-refractivity contribution in [3.63, 3.8) is 0 Å². The molecule has 0 saturated carbocycles. The van der Waals surface area contributed by atoms with Crippen LogP contribution >= 0.6 is 0 Å². The fourth-order valence-corrected chi connectivity index (χ4v) is 4.19. The van der Waals surface area contributed by atoms with Crippen LogP contribution in [0.5, 0.6) is 11.5 Å². The Bertz CT molecular complexity index is 907. The Labute approximate surface area is 190 Å². The Morgan fingerprint density at radius 2 is 1.47 bits per heavy atom. The molecular formula is C25H33N3O4. The Morgan fingerprint density at radius 1 is 0.875 bits per heavy atom. The SMILES string of the molecule is CCN(CC)C(C(=O)N1CCN(C(=O)c2ccc(OC)c(OC)c2)CC1)c1ccccc1. The molecule has 0 aromatic heterocycles. The lowest BCUT2D eigenvalue weighted by Crippen LogP contribution is -2.53. The van der Waals surface area contributed by atoms with Crippen LogP contribution in [0.15, 0.2) is 48.5 Å². The molecule has 2 amide bonds. The fraction of sp³-hybridized carbons (Fsp3) is 0.440. The zero-order valence-electron chi connectivity index (χ0n) is 19.4. The molecule has 1 fully saturated rings. The zero-order valence-corrected chi connectivity index (χ0v) is 19.4. The van der Waals surface area contributed by atoms with Crippen molar-refractivity contribution in [2.45, 2.75) is 19.9 Å². The molecule has 0 radical (unpaired) electrons. The number of rotatable bonds is 8. The third-order valence-electron chi connectivity index (χ3n) is 6.04. The van der Waals surface area contributed by atoms with Crippen LogP contribution in [0.2, 0.25) is 0 Å². The van der Waals surface area contributed by atoms with Crippen molar-refractivity contribution in [3.05, 3.63) is 59.7 Å². The maximum Gasteiger partial charge on any atom is 0.254 e. The van der Waals surface area contributed by atoms with Gasteiger partial charge in [-0.25, -0.2) is 0 Å². The molecule has 1 aliphatic rings. The quantitative estimate of drug-likeness (QED) is 0.633. The van der Waals surface area contributed by atoms with Crippen molar-refractivity contribution in [3.8, 4) is 11.5 Å². The molecule has 2 aromatic carbocycles.